The normalized spacial score (nSPS) is 14.6. The summed E-state index contributed by atoms with van der Waals surface area (Å²) in [6.45, 7) is 10.5. The highest BCUT2D eigenvalue weighted by Crippen LogP contribution is 2.38. The molecule has 1 amide bonds. The van der Waals surface area contributed by atoms with Gasteiger partial charge in [-0.15, -0.1) is 0 Å². The number of nitrogens with zero attached hydrogens (tertiary/aromatic N) is 3. The molecule has 7 heteroatoms. The van der Waals surface area contributed by atoms with E-state index in [1.54, 1.807) is 6.20 Å². The molecule has 0 saturated carbocycles. The van der Waals surface area contributed by atoms with Crippen molar-refractivity contribution in [3.05, 3.63) is 53.2 Å². The van der Waals surface area contributed by atoms with Gasteiger partial charge in [0, 0.05) is 49.5 Å². The molecule has 2 aromatic carbocycles. The Kier molecular flexibility index (Phi) is 6.19. The number of aromatic nitrogens is 1. The molecule has 1 fully saturated rings. The number of anilines is 3. The summed E-state index contributed by atoms with van der Waals surface area (Å²) < 4.78 is 5.98. The minimum absolute atomic E-state index is 0.365. The Balaban J connectivity index is 1.87. The number of carbonyl (C=O) groups excluding carboxylic acids is 1. The number of benzene rings is 2. The van der Waals surface area contributed by atoms with Gasteiger partial charge in [-0.05, 0) is 57.1 Å². The van der Waals surface area contributed by atoms with Crippen LogP contribution in [-0.4, -0.2) is 55.6 Å². The fourth-order valence-electron chi connectivity index (χ4n) is 4.06. The molecule has 0 atom stereocenters. The number of primary amides is 1. The number of ether oxygens (including phenoxy) is 1. The van der Waals surface area contributed by atoms with Gasteiger partial charge in [-0.2, -0.15) is 0 Å². The van der Waals surface area contributed by atoms with E-state index < -0.39 is 5.91 Å². The third kappa shape index (κ3) is 4.34. The first kappa shape index (κ1) is 21.9. The summed E-state index contributed by atoms with van der Waals surface area (Å²) in [6.07, 6.45) is 1.54. The number of nitrogens with one attached hydrogen (secondary N) is 1. The molecule has 1 saturated heterocycles. The summed E-state index contributed by atoms with van der Waals surface area (Å²) in [7, 11) is 2.13. The third-order valence-corrected chi connectivity index (χ3v) is 6.13. The predicted octanol–water partition coefficient (Wildman–Crippen LogP) is 3.84. The van der Waals surface area contributed by atoms with Crippen molar-refractivity contribution >= 4 is 33.9 Å². The summed E-state index contributed by atoms with van der Waals surface area (Å²) in [6, 6.07) is 10.2. The highest BCUT2D eigenvalue weighted by atomic mass is 16.5. The third-order valence-electron chi connectivity index (χ3n) is 6.13. The Morgan fingerprint density at radius 3 is 2.53 bits per heavy atom. The molecule has 1 aliphatic rings. The van der Waals surface area contributed by atoms with E-state index in [0.717, 1.165) is 54.2 Å². The van der Waals surface area contributed by atoms with Crippen molar-refractivity contribution in [3.63, 3.8) is 0 Å². The van der Waals surface area contributed by atoms with Crippen LogP contribution in [-0.2, 0) is 0 Å². The topological polar surface area (TPSA) is 83.7 Å². The first-order valence-electron chi connectivity index (χ1n) is 11.0. The Bertz CT molecular complexity index is 1150. The number of pyridine rings is 1. The first-order chi connectivity index (χ1) is 15.4. The second-order valence-corrected chi connectivity index (χ2v) is 8.40. The standard InChI is InChI=1S/C25H31N5O2/c1-5-32-23-14-21-19(13-22(23)30-10-8-29(4)9-11-30)24(20(15-27-21)25(26)31)28-18-7-6-16(2)17(3)12-18/h6-7,12-15H,5,8-11H2,1-4H3,(H2,26,31)(H,27,28). The zero-order valence-electron chi connectivity index (χ0n) is 19.2. The van der Waals surface area contributed by atoms with Gasteiger partial charge < -0.3 is 25.6 Å². The molecule has 4 rings (SSSR count). The van der Waals surface area contributed by atoms with E-state index in [-0.39, 0.29) is 0 Å². The Morgan fingerprint density at radius 2 is 1.88 bits per heavy atom. The summed E-state index contributed by atoms with van der Waals surface area (Å²) in [4.78, 5) is 21.5. The predicted molar refractivity (Wildman–Crippen MR) is 130 cm³/mol. The molecule has 0 radical (unpaired) electrons. The molecule has 0 aliphatic carbocycles. The van der Waals surface area contributed by atoms with Gasteiger partial charge in [0.05, 0.1) is 29.1 Å². The largest absolute Gasteiger partial charge is 0.492 e. The summed E-state index contributed by atoms with van der Waals surface area (Å²) in [5, 5.41) is 4.29. The molecule has 2 heterocycles. The molecule has 3 N–H and O–H groups in total. The number of hydrogen-bond donors (Lipinski definition) is 2. The van der Waals surface area contributed by atoms with Crippen LogP contribution in [0.4, 0.5) is 17.1 Å². The number of carbonyl (C=O) groups is 1. The maximum Gasteiger partial charge on any atom is 0.252 e. The van der Waals surface area contributed by atoms with Crippen LogP contribution in [0.25, 0.3) is 10.9 Å². The molecule has 1 aromatic heterocycles. The minimum Gasteiger partial charge on any atom is -0.492 e. The van der Waals surface area contributed by atoms with Gasteiger partial charge >= 0.3 is 0 Å². The second kappa shape index (κ2) is 9.04. The average molecular weight is 434 g/mol. The second-order valence-electron chi connectivity index (χ2n) is 8.40. The number of likely N-dealkylation sites (N-methyl/N-ethyl adjacent to an activating group) is 1. The fourth-order valence-corrected chi connectivity index (χ4v) is 4.06. The van der Waals surface area contributed by atoms with Crippen LogP contribution in [0.15, 0.2) is 36.5 Å². The summed E-state index contributed by atoms with van der Waals surface area (Å²) in [5.41, 5.74) is 11.8. The lowest BCUT2D eigenvalue weighted by Crippen LogP contribution is -2.44. The highest BCUT2D eigenvalue weighted by Gasteiger charge is 2.21. The van der Waals surface area contributed by atoms with Crippen molar-refractivity contribution in [1.29, 1.82) is 0 Å². The van der Waals surface area contributed by atoms with Crippen LogP contribution in [0.5, 0.6) is 5.75 Å². The van der Waals surface area contributed by atoms with Crippen molar-refractivity contribution < 1.29 is 9.53 Å². The van der Waals surface area contributed by atoms with Crippen molar-refractivity contribution in [2.24, 2.45) is 5.73 Å². The van der Waals surface area contributed by atoms with E-state index in [2.05, 4.69) is 59.2 Å². The van der Waals surface area contributed by atoms with Gasteiger partial charge in [0.2, 0.25) is 0 Å². The van der Waals surface area contributed by atoms with Gasteiger partial charge in [0.15, 0.2) is 0 Å². The molecule has 3 aromatic rings. The fraction of sp³-hybridized carbons (Fsp3) is 0.360. The lowest BCUT2D eigenvalue weighted by atomic mass is 10.0. The maximum absolute atomic E-state index is 12.3. The monoisotopic (exact) mass is 433 g/mol. The highest BCUT2D eigenvalue weighted by molar-refractivity contribution is 6.08. The van der Waals surface area contributed by atoms with Crippen molar-refractivity contribution in [2.75, 3.05) is 50.1 Å². The molecule has 168 valence electrons. The van der Waals surface area contributed by atoms with Gasteiger partial charge in [-0.1, -0.05) is 6.07 Å². The van der Waals surface area contributed by atoms with Crippen molar-refractivity contribution in [3.8, 4) is 5.75 Å². The Hall–Kier alpha value is -3.32. The number of hydrogen-bond acceptors (Lipinski definition) is 6. The van der Waals surface area contributed by atoms with E-state index in [1.165, 1.54) is 11.1 Å². The number of amides is 1. The zero-order chi connectivity index (χ0) is 22.8. The lowest BCUT2D eigenvalue weighted by molar-refractivity contribution is 0.100. The van der Waals surface area contributed by atoms with Crippen LogP contribution in [0.3, 0.4) is 0 Å². The first-order valence-corrected chi connectivity index (χ1v) is 11.0. The number of nitrogens with two attached hydrogens (primary N) is 1. The molecular weight excluding hydrogens is 402 g/mol. The molecule has 0 unspecified atom stereocenters. The lowest BCUT2D eigenvalue weighted by Gasteiger charge is -2.35. The van der Waals surface area contributed by atoms with Crippen molar-refractivity contribution in [2.45, 2.75) is 20.8 Å². The van der Waals surface area contributed by atoms with E-state index in [0.29, 0.717) is 17.9 Å². The van der Waals surface area contributed by atoms with E-state index >= 15 is 0 Å². The van der Waals surface area contributed by atoms with Gasteiger partial charge in [0.25, 0.3) is 5.91 Å². The maximum atomic E-state index is 12.3. The average Bonchev–Trinajstić information content (AvgIpc) is 2.77. The number of fused-ring (bicyclic) bond motifs is 1. The van der Waals surface area contributed by atoms with Gasteiger partial charge in [0.1, 0.15) is 5.75 Å². The summed E-state index contributed by atoms with van der Waals surface area (Å²) in [5.74, 6) is 0.293. The number of aryl methyl sites for hydroxylation is 2. The molecule has 0 spiro atoms. The van der Waals surface area contributed by atoms with Crippen LogP contribution in [0.1, 0.15) is 28.4 Å². The van der Waals surface area contributed by atoms with Crippen LogP contribution in [0.2, 0.25) is 0 Å². The molecule has 1 aliphatic heterocycles. The van der Waals surface area contributed by atoms with Gasteiger partial charge in [-0.3, -0.25) is 9.78 Å². The smallest absolute Gasteiger partial charge is 0.252 e. The summed E-state index contributed by atoms with van der Waals surface area (Å²) >= 11 is 0. The molecular formula is C25H31N5O2. The Morgan fingerprint density at radius 1 is 1.12 bits per heavy atom. The number of rotatable bonds is 6. The molecule has 0 bridgehead atoms. The zero-order valence-corrected chi connectivity index (χ0v) is 19.2. The Labute approximate surface area is 189 Å². The van der Waals surface area contributed by atoms with E-state index in [1.807, 2.05) is 19.1 Å². The minimum atomic E-state index is -0.513. The number of piperazine rings is 1. The van der Waals surface area contributed by atoms with Crippen LogP contribution in [0, 0.1) is 13.8 Å². The van der Waals surface area contributed by atoms with Crippen molar-refractivity contribution in [1.82, 2.24) is 9.88 Å². The van der Waals surface area contributed by atoms with E-state index in [4.69, 9.17) is 10.5 Å². The molecule has 7 nitrogen and oxygen atoms in total. The quantitative estimate of drug-likeness (QED) is 0.614. The SMILES string of the molecule is CCOc1cc2ncc(C(N)=O)c(Nc3ccc(C)c(C)c3)c2cc1N1CCN(C)CC1. The van der Waals surface area contributed by atoms with Crippen LogP contribution < -0.4 is 20.7 Å². The van der Waals surface area contributed by atoms with Crippen LogP contribution >= 0.6 is 0 Å². The van der Waals surface area contributed by atoms with E-state index in [9.17, 15) is 4.79 Å². The van der Waals surface area contributed by atoms with Gasteiger partial charge in [-0.25, -0.2) is 0 Å². The molecule has 32 heavy (non-hydrogen) atoms.